The molecule has 2 aromatic heterocycles. The Morgan fingerprint density at radius 2 is 1.40 bits per heavy atom. The monoisotopic (exact) mass is 643 g/mol. The zero-order valence-corrected chi connectivity index (χ0v) is 27.8. The van der Waals surface area contributed by atoms with E-state index in [9.17, 15) is 4.79 Å². The molecular formula is C38H37N5O3S. The van der Waals surface area contributed by atoms with Crippen LogP contribution in [0.2, 0.25) is 0 Å². The van der Waals surface area contributed by atoms with E-state index in [-0.39, 0.29) is 5.91 Å². The molecule has 8 nitrogen and oxygen atoms in total. The lowest BCUT2D eigenvalue weighted by molar-refractivity contribution is 0.0953. The van der Waals surface area contributed by atoms with E-state index in [0.29, 0.717) is 5.56 Å². The van der Waals surface area contributed by atoms with Crippen molar-refractivity contribution in [2.45, 2.75) is 33.2 Å². The highest BCUT2D eigenvalue weighted by atomic mass is 32.1. The molecule has 6 rings (SSSR count). The second-order valence-electron chi connectivity index (χ2n) is 11.2. The van der Waals surface area contributed by atoms with E-state index in [1.165, 1.54) is 16.9 Å². The van der Waals surface area contributed by atoms with Gasteiger partial charge in [-0.05, 0) is 97.8 Å². The zero-order chi connectivity index (χ0) is 32.8. The van der Waals surface area contributed by atoms with Gasteiger partial charge in [-0.3, -0.25) is 4.79 Å². The molecule has 1 N–H and O–H groups in total. The van der Waals surface area contributed by atoms with Crippen LogP contribution in [0.25, 0.3) is 39.5 Å². The SMILES string of the molecule is CCCCn1c(-c2ccc(C)cc2)csc1=NNC(=O)c1ccc(-n2nc(-c3ccc(OC)cc3)cc2-c2ccc(OC)cc2)cc1. The molecule has 1 amide bonds. The molecule has 9 heteroatoms. The molecular weight excluding hydrogens is 607 g/mol. The van der Waals surface area contributed by atoms with Gasteiger partial charge < -0.3 is 14.0 Å². The van der Waals surface area contributed by atoms with E-state index in [0.717, 1.165) is 75.1 Å². The summed E-state index contributed by atoms with van der Waals surface area (Å²) in [5.41, 5.74) is 11.2. The molecule has 6 aromatic rings. The molecule has 0 unspecified atom stereocenters. The molecule has 0 radical (unpaired) electrons. The first kappa shape index (κ1) is 31.6. The summed E-state index contributed by atoms with van der Waals surface area (Å²) in [7, 11) is 3.30. The van der Waals surface area contributed by atoms with E-state index in [4.69, 9.17) is 14.6 Å². The number of carbonyl (C=O) groups is 1. The fourth-order valence-corrected chi connectivity index (χ4v) is 6.17. The predicted molar refractivity (Wildman–Crippen MR) is 188 cm³/mol. The van der Waals surface area contributed by atoms with Crippen LogP contribution in [0.4, 0.5) is 0 Å². The Labute approximate surface area is 278 Å². The van der Waals surface area contributed by atoms with Crippen molar-refractivity contribution in [3.63, 3.8) is 0 Å². The highest BCUT2D eigenvalue weighted by molar-refractivity contribution is 7.07. The maximum atomic E-state index is 13.2. The van der Waals surface area contributed by atoms with E-state index in [1.54, 1.807) is 26.4 Å². The highest BCUT2D eigenvalue weighted by Gasteiger charge is 2.15. The van der Waals surface area contributed by atoms with Crippen LogP contribution >= 0.6 is 11.3 Å². The molecule has 0 aliphatic rings. The molecule has 238 valence electrons. The van der Waals surface area contributed by atoms with Crippen LogP contribution in [0.1, 0.15) is 35.7 Å². The lowest BCUT2D eigenvalue weighted by atomic mass is 10.1. The topological polar surface area (TPSA) is 82.7 Å². The van der Waals surface area contributed by atoms with Crippen molar-refractivity contribution >= 4 is 17.2 Å². The Balaban J connectivity index is 1.28. The maximum absolute atomic E-state index is 13.2. The summed E-state index contributed by atoms with van der Waals surface area (Å²) in [4.78, 5) is 14.0. The summed E-state index contributed by atoms with van der Waals surface area (Å²) in [6, 6.07) is 33.6. The number of nitrogens with one attached hydrogen (secondary N) is 1. The lowest BCUT2D eigenvalue weighted by Crippen LogP contribution is -2.25. The van der Waals surface area contributed by atoms with Crippen LogP contribution in [-0.4, -0.2) is 34.5 Å². The summed E-state index contributed by atoms with van der Waals surface area (Å²) in [6.45, 7) is 5.08. The number of hydrogen-bond donors (Lipinski definition) is 1. The van der Waals surface area contributed by atoms with E-state index >= 15 is 0 Å². The lowest BCUT2D eigenvalue weighted by Gasteiger charge is -2.10. The fourth-order valence-electron chi connectivity index (χ4n) is 5.27. The van der Waals surface area contributed by atoms with Crippen molar-refractivity contribution in [3.05, 3.63) is 124 Å². The van der Waals surface area contributed by atoms with Crippen molar-refractivity contribution in [1.29, 1.82) is 0 Å². The fraction of sp³-hybridized carbons (Fsp3) is 0.184. The largest absolute Gasteiger partial charge is 0.497 e. The van der Waals surface area contributed by atoms with Gasteiger partial charge in [0.1, 0.15) is 11.5 Å². The van der Waals surface area contributed by atoms with Gasteiger partial charge in [0.15, 0.2) is 0 Å². The van der Waals surface area contributed by atoms with Crippen LogP contribution in [0.5, 0.6) is 11.5 Å². The minimum absolute atomic E-state index is 0.279. The maximum Gasteiger partial charge on any atom is 0.271 e. The molecule has 0 atom stereocenters. The number of hydrogen-bond acceptors (Lipinski definition) is 6. The first-order chi connectivity index (χ1) is 23.0. The van der Waals surface area contributed by atoms with Crippen LogP contribution in [-0.2, 0) is 6.54 Å². The first-order valence-electron chi connectivity index (χ1n) is 15.6. The van der Waals surface area contributed by atoms with Gasteiger partial charge in [-0.15, -0.1) is 16.4 Å². The third-order valence-corrected chi connectivity index (χ3v) is 8.85. The van der Waals surface area contributed by atoms with Crippen LogP contribution in [0.15, 0.2) is 114 Å². The molecule has 0 aliphatic carbocycles. The van der Waals surface area contributed by atoms with Gasteiger partial charge in [0.05, 0.1) is 37.0 Å². The number of rotatable bonds is 11. The molecule has 0 aliphatic heterocycles. The number of nitrogens with zero attached hydrogens (tertiary/aromatic N) is 4. The zero-order valence-electron chi connectivity index (χ0n) is 26.9. The van der Waals surface area contributed by atoms with Gasteiger partial charge in [0, 0.05) is 28.6 Å². The van der Waals surface area contributed by atoms with Gasteiger partial charge in [0.2, 0.25) is 4.80 Å². The van der Waals surface area contributed by atoms with E-state index in [2.05, 4.69) is 64.7 Å². The average molecular weight is 644 g/mol. The van der Waals surface area contributed by atoms with Gasteiger partial charge >= 0.3 is 0 Å². The van der Waals surface area contributed by atoms with E-state index in [1.807, 2.05) is 65.3 Å². The molecule has 4 aromatic carbocycles. The standard InChI is InChI=1S/C38H37N5O3S/c1-5-6-23-42-36(29-9-7-26(2)8-10-29)25-47-38(42)40-39-37(44)30-11-17-31(18-12-30)43-35(28-15-21-33(46-4)22-16-28)24-34(41-43)27-13-19-32(45-3)20-14-27/h7-22,24-25H,5-6,23H2,1-4H3,(H,39,44). The van der Waals surface area contributed by atoms with Crippen LogP contribution < -0.4 is 19.7 Å². The number of benzene rings is 4. The number of thiazole rings is 1. The summed E-state index contributed by atoms with van der Waals surface area (Å²) in [5.74, 6) is 1.28. The summed E-state index contributed by atoms with van der Waals surface area (Å²) < 4.78 is 14.8. The smallest absolute Gasteiger partial charge is 0.271 e. The van der Waals surface area contributed by atoms with Crippen molar-refractivity contribution in [3.8, 4) is 51.0 Å². The first-order valence-corrected chi connectivity index (χ1v) is 16.4. The van der Waals surface area contributed by atoms with Crippen LogP contribution in [0.3, 0.4) is 0 Å². The van der Waals surface area contributed by atoms with E-state index < -0.39 is 0 Å². The molecule has 0 spiro atoms. The van der Waals surface area contributed by atoms with Crippen LogP contribution in [0, 0.1) is 6.92 Å². The van der Waals surface area contributed by atoms with Crippen molar-refractivity contribution in [2.24, 2.45) is 5.10 Å². The number of methoxy groups -OCH3 is 2. The molecule has 0 saturated heterocycles. The molecule has 0 fully saturated rings. The Kier molecular flexibility index (Phi) is 9.64. The third-order valence-electron chi connectivity index (χ3n) is 7.99. The molecule has 0 saturated carbocycles. The number of aromatic nitrogens is 3. The molecule has 47 heavy (non-hydrogen) atoms. The van der Waals surface area contributed by atoms with Gasteiger partial charge in [-0.25, -0.2) is 10.1 Å². The minimum Gasteiger partial charge on any atom is -0.497 e. The summed E-state index contributed by atoms with van der Waals surface area (Å²) in [5, 5.41) is 11.6. The third kappa shape index (κ3) is 7.05. The van der Waals surface area contributed by atoms with Gasteiger partial charge in [-0.1, -0.05) is 43.2 Å². The number of unbranched alkanes of at least 4 members (excludes halogenated alkanes) is 1. The van der Waals surface area contributed by atoms with Crippen molar-refractivity contribution < 1.29 is 14.3 Å². The second kappa shape index (κ2) is 14.3. The summed E-state index contributed by atoms with van der Waals surface area (Å²) >= 11 is 1.52. The Morgan fingerprint density at radius 1 is 0.809 bits per heavy atom. The number of carbonyl (C=O) groups excluding carboxylic acids is 1. The number of aryl methyl sites for hydroxylation is 1. The van der Waals surface area contributed by atoms with Crippen molar-refractivity contribution in [2.75, 3.05) is 14.2 Å². The van der Waals surface area contributed by atoms with Gasteiger partial charge in [-0.2, -0.15) is 5.10 Å². The Morgan fingerprint density at radius 3 is 2.02 bits per heavy atom. The number of amides is 1. The predicted octanol–water partition coefficient (Wildman–Crippen LogP) is 8.11. The molecule has 2 heterocycles. The Bertz CT molecular complexity index is 2020. The minimum atomic E-state index is -0.279. The molecule has 0 bridgehead atoms. The Hall–Kier alpha value is -5.41. The normalized spacial score (nSPS) is 11.4. The highest BCUT2D eigenvalue weighted by Crippen LogP contribution is 2.31. The summed E-state index contributed by atoms with van der Waals surface area (Å²) in [6.07, 6.45) is 2.08. The van der Waals surface area contributed by atoms with Gasteiger partial charge in [0.25, 0.3) is 5.91 Å². The second-order valence-corrected chi connectivity index (χ2v) is 12.0. The number of ether oxygens (including phenoxy) is 2. The van der Waals surface area contributed by atoms with Crippen molar-refractivity contribution in [1.82, 2.24) is 19.8 Å². The average Bonchev–Trinajstić information content (AvgIpc) is 3.75. The quantitative estimate of drug-likeness (QED) is 0.145.